The normalized spacial score (nSPS) is 10.2. The third-order valence-corrected chi connectivity index (χ3v) is 2.35. The minimum atomic E-state index is -1.21. The molecule has 0 amide bonds. The van der Waals surface area contributed by atoms with Crippen molar-refractivity contribution >= 4 is 17.6 Å². The molecule has 0 bridgehead atoms. The summed E-state index contributed by atoms with van der Waals surface area (Å²) in [5, 5.41) is 18.0. The van der Waals surface area contributed by atoms with Crippen molar-refractivity contribution in [1.29, 1.82) is 0 Å². The van der Waals surface area contributed by atoms with Gasteiger partial charge in [-0.2, -0.15) is 0 Å². The maximum Gasteiger partial charge on any atom is 0.356 e. The smallest absolute Gasteiger partial charge is 0.356 e. The predicted molar refractivity (Wildman–Crippen MR) is 61.1 cm³/mol. The Morgan fingerprint density at radius 2 is 1.88 bits per heavy atom. The molecule has 2 N–H and O–H groups in total. The summed E-state index contributed by atoms with van der Waals surface area (Å²) in [5.74, 6) is -0.856. The van der Waals surface area contributed by atoms with E-state index in [0.717, 1.165) is 0 Å². The van der Waals surface area contributed by atoms with Crippen molar-refractivity contribution in [2.45, 2.75) is 0 Å². The highest BCUT2D eigenvalue weighted by molar-refractivity contribution is 6.33. The molecule has 0 aliphatic heterocycles. The molecule has 6 heteroatoms. The zero-order valence-electron chi connectivity index (χ0n) is 8.46. The molecule has 0 saturated carbocycles. The largest absolute Gasteiger partial charge is 0.508 e. The van der Waals surface area contributed by atoms with Crippen LogP contribution in [0.2, 0.25) is 5.02 Å². The minimum absolute atomic E-state index is 0.0139. The first kappa shape index (κ1) is 11.3. The molecule has 0 unspecified atom stereocenters. The number of phenols is 1. The first-order valence-electron chi connectivity index (χ1n) is 4.63. The number of carboxylic acid groups (broad SMARTS) is 1. The van der Waals surface area contributed by atoms with E-state index < -0.39 is 5.97 Å². The predicted octanol–water partition coefficient (Wildman–Crippen LogP) is 2.20. The number of benzene rings is 1. The fraction of sp³-hybridized carbons (Fsp3) is 0. The summed E-state index contributed by atoms with van der Waals surface area (Å²) in [6, 6.07) is 6.11. The average Bonchev–Trinajstić information content (AvgIpc) is 2.30. The molecule has 1 aromatic heterocycles. The van der Waals surface area contributed by atoms with Crippen LogP contribution in [0, 0.1) is 0 Å². The second kappa shape index (κ2) is 4.39. The summed E-state index contributed by atoms with van der Waals surface area (Å²) in [6.07, 6.45) is 1.24. The Hall–Kier alpha value is -2.14. The zero-order valence-corrected chi connectivity index (χ0v) is 9.22. The van der Waals surface area contributed by atoms with Gasteiger partial charge in [-0.3, -0.25) is 0 Å². The van der Waals surface area contributed by atoms with Crippen molar-refractivity contribution in [2.24, 2.45) is 0 Å². The number of hydrogen-bond donors (Lipinski definition) is 2. The number of aromatic carboxylic acids is 1. The van der Waals surface area contributed by atoms with E-state index >= 15 is 0 Å². The van der Waals surface area contributed by atoms with Gasteiger partial charge in [0.05, 0.1) is 11.2 Å². The summed E-state index contributed by atoms with van der Waals surface area (Å²) in [6.45, 7) is 0. The van der Waals surface area contributed by atoms with E-state index in [1.807, 2.05) is 0 Å². The summed E-state index contributed by atoms with van der Waals surface area (Å²) in [5.41, 5.74) is 0.353. The van der Waals surface area contributed by atoms with E-state index in [-0.39, 0.29) is 22.3 Å². The molecular weight excluding hydrogens is 244 g/mol. The Morgan fingerprint density at radius 3 is 2.47 bits per heavy atom. The fourth-order valence-electron chi connectivity index (χ4n) is 1.27. The van der Waals surface area contributed by atoms with Crippen molar-refractivity contribution in [3.8, 4) is 17.1 Å². The van der Waals surface area contributed by atoms with E-state index in [1.54, 1.807) is 12.1 Å². The fourth-order valence-corrected chi connectivity index (χ4v) is 1.44. The highest BCUT2D eigenvalue weighted by atomic mass is 35.5. The second-order valence-corrected chi connectivity index (χ2v) is 3.65. The lowest BCUT2D eigenvalue weighted by Crippen LogP contribution is -2.03. The van der Waals surface area contributed by atoms with E-state index in [9.17, 15) is 4.79 Å². The molecular formula is C11H7ClN2O3. The first-order chi connectivity index (χ1) is 8.08. The number of rotatable bonds is 2. The van der Waals surface area contributed by atoms with E-state index in [4.69, 9.17) is 21.8 Å². The van der Waals surface area contributed by atoms with E-state index in [0.29, 0.717) is 5.56 Å². The Bertz CT molecular complexity index is 569. The van der Waals surface area contributed by atoms with Gasteiger partial charge < -0.3 is 10.2 Å². The maximum atomic E-state index is 10.8. The van der Waals surface area contributed by atoms with Crippen LogP contribution in [0.3, 0.4) is 0 Å². The Kier molecular flexibility index (Phi) is 2.93. The molecule has 1 aromatic carbocycles. The van der Waals surface area contributed by atoms with Crippen molar-refractivity contribution in [1.82, 2.24) is 9.97 Å². The zero-order chi connectivity index (χ0) is 12.4. The molecule has 17 heavy (non-hydrogen) atoms. The molecule has 0 saturated heterocycles. The van der Waals surface area contributed by atoms with Gasteiger partial charge in [-0.1, -0.05) is 11.6 Å². The van der Waals surface area contributed by atoms with Gasteiger partial charge in [0.25, 0.3) is 0 Å². The third kappa shape index (κ3) is 2.34. The highest BCUT2D eigenvalue weighted by Gasteiger charge is 2.13. The SMILES string of the molecule is O=C(O)c1nc(-c2ccc(O)cc2)ncc1Cl. The molecule has 0 radical (unpaired) electrons. The number of carboxylic acids is 1. The number of halogens is 1. The summed E-state index contributed by atoms with van der Waals surface area (Å²) in [4.78, 5) is 18.6. The molecule has 2 rings (SSSR count). The molecule has 0 atom stereocenters. The van der Waals surface area contributed by atoms with Crippen molar-refractivity contribution < 1.29 is 15.0 Å². The Balaban J connectivity index is 2.50. The lowest BCUT2D eigenvalue weighted by molar-refractivity contribution is 0.0690. The number of aromatic hydroxyl groups is 1. The van der Waals surface area contributed by atoms with Gasteiger partial charge in [-0.15, -0.1) is 0 Å². The van der Waals surface area contributed by atoms with Crippen LogP contribution in [-0.4, -0.2) is 26.2 Å². The Labute approximate surface area is 101 Å². The van der Waals surface area contributed by atoms with Crippen LogP contribution in [0.15, 0.2) is 30.5 Å². The van der Waals surface area contributed by atoms with Gasteiger partial charge in [-0.25, -0.2) is 14.8 Å². The van der Waals surface area contributed by atoms with Crippen LogP contribution < -0.4 is 0 Å². The molecule has 86 valence electrons. The van der Waals surface area contributed by atoms with Crippen LogP contribution in [0.5, 0.6) is 5.75 Å². The number of hydrogen-bond acceptors (Lipinski definition) is 4. The van der Waals surface area contributed by atoms with Crippen molar-refractivity contribution in [3.63, 3.8) is 0 Å². The number of aromatic nitrogens is 2. The van der Waals surface area contributed by atoms with Crippen LogP contribution in [0.4, 0.5) is 0 Å². The van der Waals surface area contributed by atoms with Crippen molar-refractivity contribution in [2.75, 3.05) is 0 Å². The van der Waals surface area contributed by atoms with Crippen LogP contribution in [0.1, 0.15) is 10.5 Å². The highest BCUT2D eigenvalue weighted by Crippen LogP contribution is 2.21. The van der Waals surface area contributed by atoms with Crippen LogP contribution in [-0.2, 0) is 0 Å². The summed E-state index contributed by atoms with van der Waals surface area (Å²) < 4.78 is 0. The molecule has 5 nitrogen and oxygen atoms in total. The van der Waals surface area contributed by atoms with Gasteiger partial charge in [0.15, 0.2) is 11.5 Å². The minimum Gasteiger partial charge on any atom is -0.508 e. The topological polar surface area (TPSA) is 83.3 Å². The van der Waals surface area contributed by atoms with Gasteiger partial charge in [0.1, 0.15) is 5.75 Å². The molecule has 0 aliphatic rings. The van der Waals surface area contributed by atoms with Gasteiger partial charge in [-0.05, 0) is 24.3 Å². The van der Waals surface area contributed by atoms with Gasteiger partial charge >= 0.3 is 5.97 Å². The molecule has 0 fully saturated rings. The lowest BCUT2D eigenvalue weighted by Gasteiger charge is -2.02. The average molecular weight is 251 g/mol. The van der Waals surface area contributed by atoms with Gasteiger partial charge in [0, 0.05) is 5.56 Å². The van der Waals surface area contributed by atoms with E-state index in [1.165, 1.54) is 18.3 Å². The number of phenolic OH excluding ortho intramolecular Hbond substituents is 1. The van der Waals surface area contributed by atoms with E-state index in [2.05, 4.69) is 9.97 Å². The monoisotopic (exact) mass is 250 g/mol. The molecule has 0 spiro atoms. The summed E-state index contributed by atoms with van der Waals surface area (Å²) >= 11 is 5.66. The van der Waals surface area contributed by atoms with Crippen LogP contribution >= 0.6 is 11.6 Å². The molecule has 0 aliphatic carbocycles. The number of carbonyl (C=O) groups is 1. The quantitative estimate of drug-likeness (QED) is 0.854. The van der Waals surface area contributed by atoms with Crippen LogP contribution in [0.25, 0.3) is 11.4 Å². The standard InChI is InChI=1S/C11H7ClN2O3/c12-8-5-13-10(14-9(8)11(16)17)6-1-3-7(15)4-2-6/h1-5,15H,(H,16,17). The lowest BCUT2D eigenvalue weighted by atomic mass is 10.2. The van der Waals surface area contributed by atoms with Gasteiger partial charge in [0.2, 0.25) is 0 Å². The second-order valence-electron chi connectivity index (χ2n) is 3.24. The Morgan fingerprint density at radius 1 is 1.24 bits per heavy atom. The summed E-state index contributed by atoms with van der Waals surface area (Å²) in [7, 11) is 0. The maximum absolute atomic E-state index is 10.8. The molecule has 2 aromatic rings. The molecule has 1 heterocycles. The third-order valence-electron chi connectivity index (χ3n) is 2.07. The number of nitrogens with zero attached hydrogens (tertiary/aromatic N) is 2. The van der Waals surface area contributed by atoms with Crippen molar-refractivity contribution in [3.05, 3.63) is 41.2 Å². The first-order valence-corrected chi connectivity index (χ1v) is 5.01.